The molecule has 1 aromatic carbocycles. The van der Waals surface area contributed by atoms with E-state index in [1.165, 1.54) is 15.6 Å². The van der Waals surface area contributed by atoms with Gasteiger partial charge >= 0.3 is 0 Å². The standard InChI is InChI=1S/C14H17ClN2O2S2/c1-3-12-5-4-11(7-15)6-14(12)21(18,19)17(2)8-13-9-20-10-16-13/h4-6,9-10H,3,7-8H2,1-2H3. The van der Waals surface area contributed by atoms with Crippen molar-refractivity contribution in [2.24, 2.45) is 0 Å². The highest BCUT2D eigenvalue weighted by atomic mass is 35.5. The highest BCUT2D eigenvalue weighted by Gasteiger charge is 2.24. The summed E-state index contributed by atoms with van der Waals surface area (Å²) in [5.41, 5.74) is 4.04. The maximum atomic E-state index is 12.8. The number of sulfonamides is 1. The number of halogens is 1. The van der Waals surface area contributed by atoms with Crippen molar-refractivity contribution >= 4 is 33.0 Å². The lowest BCUT2D eigenvalue weighted by atomic mass is 10.1. The molecule has 1 aromatic heterocycles. The molecule has 0 fully saturated rings. The molecule has 0 N–H and O–H groups in total. The largest absolute Gasteiger partial charge is 0.248 e. The lowest BCUT2D eigenvalue weighted by Gasteiger charge is -2.19. The van der Waals surface area contributed by atoms with Gasteiger partial charge in [-0.1, -0.05) is 19.1 Å². The van der Waals surface area contributed by atoms with Crippen LogP contribution in [0.4, 0.5) is 0 Å². The number of benzene rings is 1. The number of alkyl halides is 1. The van der Waals surface area contributed by atoms with Gasteiger partial charge in [0, 0.05) is 18.3 Å². The van der Waals surface area contributed by atoms with Crippen molar-refractivity contribution < 1.29 is 8.42 Å². The van der Waals surface area contributed by atoms with Crippen LogP contribution >= 0.6 is 22.9 Å². The summed E-state index contributed by atoms with van der Waals surface area (Å²) in [4.78, 5) is 4.47. The molecule has 0 spiro atoms. The molecule has 4 nitrogen and oxygen atoms in total. The van der Waals surface area contributed by atoms with Gasteiger partial charge < -0.3 is 0 Å². The van der Waals surface area contributed by atoms with Crippen LogP contribution in [-0.2, 0) is 28.9 Å². The Labute approximate surface area is 134 Å². The first kappa shape index (κ1) is 16.4. The molecular formula is C14H17ClN2O2S2. The van der Waals surface area contributed by atoms with Crippen LogP contribution in [0.5, 0.6) is 0 Å². The Morgan fingerprint density at radius 3 is 2.71 bits per heavy atom. The molecule has 0 aliphatic heterocycles. The predicted octanol–water partition coefficient (Wildman–Crippen LogP) is 3.27. The lowest BCUT2D eigenvalue weighted by Crippen LogP contribution is -2.27. The zero-order chi connectivity index (χ0) is 15.5. The first-order valence-electron chi connectivity index (χ1n) is 6.50. The van der Waals surface area contributed by atoms with Crippen molar-refractivity contribution in [2.45, 2.75) is 30.7 Å². The summed E-state index contributed by atoms with van der Waals surface area (Å²) >= 11 is 7.27. The Morgan fingerprint density at radius 2 is 2.14 bits per heavy atom. The second-order valence-corrected chi connectivity index (χ2v) is 7.67. The molecule has 0 bridgehead atoms. The fourth-order valence-corrected chi connectivity index (χ4v) is 4.21. The van der Waals surface area contributed by atoms with E-state index in [0.29, 0.717) is 17.2 Å². The first-order chi connectivity index (χ1) is 9.98. The van der Waals surface area contributed by atoms with Crippen LogP contribution < -0.4 is 0 Å². The maximum Gasteiger partial charge on any atom is 0.243 e. The summed E-state index contributed by atoms with van der Waals surface area (Å²) < 4.78 is 26.9. The lowest BCUT2D eigenvalue weighted by molar-refractivity contribution is 0.462. The number of thiazole rings is 1. The van der Waals surface area contributed by atoms with Crippen LogP contribution in [0.15, 0.2) is 34.0 Å². The summed E-state index contributed by atoms with van der Waals surface area (Å²) in [6.07, 6.45) is 0.654. The average molecular weight is 345 g/mol. The van der Waals surface area contributed by atoms with Crippen molar-refractivity contribution in [1.29, 1.82) is 0 Å². The average Bonchev–Trinajstić information content (AvgIpc) is 2.99. The second kappa shape index (κ2) is 6.87. The van der Waals surface area contributed by atoms with Gasteiger partial charge in [-0.3, -0.25) is 0 Å². The minimum Gasteiger partial charge on any atom is -0.248 e. The number of hydrogen-bond acceptors (Lipinski definition) is 4. The molecule has 2 aromatic rings. The molecule has 1 heterocycles. The van der Waals surface area contributed by atoms with Crippen LogP contribution in [0.3, 0.4) is 0 Å². The third kappa shape index (κ3) is 3.63. The monoisotopic (exact) mass is 344 g/mol. The molecule has 0 unspecified atom stereocenters. The molecule has 114 valence electrons. The number of nitrogens with zero attached hydrogens (tertiary/aromatic N) is 2. The van der Waals surface area contributed by atoms with Gasteiger partial charge in [-0.2, -0.15) is 4.31 Å². The summed E-state index contributed by atoms with van der Waals surface area (Å²) in [5, 5.41) is 1.85. The molecule has 7 heteroatoms. The Bertz CT molecular complexity index is 700. The van der Waals surface area contributed by atoms with E-state index in [1.807, 2.05) is 24.4 Å². The van der Waals surface area contributed by atoms with E-state index >= 15 is 0 Å². The van der Waals surface area contributed by atoms with Gasteiger partial charge in [0.05, 0.1) is 22.6 Å². The molecule has 0 saturated heterocycles. The number of aryl methyl sites for hydroxylation is 1. The van der Waals surface area contributed by atoms with E-state index in [9.17, 15) is 8.42 Å². The third-order valence-corrected chi connectivity index (χ3v) is 6.05. The van der Waals surface area contributed by atoms with Gasteiger partial charge in [-0.05, 0) is 23.6 Å². The van der Waals surface area contributed by atoms with Crippen LogP contribution in [0.1, 0.15) is 23.7 Å². The van der Waals surface area contributed by atoms with E-state index in [1.54, 1.807) is 18.6 Å². The van der Waals surface area contributed by atoms with Crippen LogP contribution in [0, 0.1) is 0 Å². The van der Waals surface area contributed by atoms with Gasteiger partial charge in [-0.25, -0.2) is 13.4 Å². The van der Waals surface area contributed by atoms with Crippen LogP contribution in [0.25, 0.3) is 0 Å². The van der Waals surface area contributed by atoms with Crippen molar-refractivity contribution in [1.82, 2.24) is 9.29 Å². The zero-order valence-corrected chi connectivity index (χ0v) is 14.3. The Balaban J connectivity index is 2.38. The third-order valence-electron chi connectivity index (χ3n) is 3.22. The van der Waals surface area contributed by atoms with Gasteiger partial charge in [0.25, 0.3) is 0 Å². The summed E-state index contributed by atoms with van der Waals surface area (Å²) in [6.45, 7) is 2.20. The molecule has 0 aliphatic carbocycles. The van der Waals surface area contributed by atoms with Gasteiger partial charge in [0.1, 0.15) is 0 Å². The van der Waals surface area contributed by atoms with Crippen molar-refractivity contribution in [3.05, 3.63) is 45.9 Å². The molecule has 2 rings (SSSR count). The summed E-state index contributed by atoms with van der Waals surface area (Å²) in [5.74, 6) is 0.294. The van der Waals surface area contributed by atoms with E-state index in [2.05, 4.69) is 4.98 Å². The predicted molar refractivity (Wildman–Crippen MR) is 86.1 cm³/mol. The van der Waals surface area contributed by atoms with E-state index in [-0.39, 0.29) is 6.54 Å². The zero-order valence-electron chi connectivity index (χ0n) is 11.9. The van der Waals surface area contributed by atoms with Gasteiger partial charge in [0.15, 0.2) is 0 Å². The van der Waals surface area contributed by atoms with Crippen LogP contribution in [-0.4, -0.2) is 24.8 Å². The Hall–Kier alpha value is -0.950. The highest BCUT2D eigenvalue weighted by molar-refractivity contribution is 7.89. The van der Waals surface area contributed by atoms with E-state index in [4.69, 9.17) is 11.6 Å². The van der Waals surface area contributed by atoms with Crippen LogP contribution in [0.2, 0.25) is 0 Å². The number of rotatable bonds is 6. The van der Waals surface area contributed by atoms with E-state index < -0.39 is 10.0 Å². The number of aromatic nitrogens is 1. The molecular weight excluding hydrogens is 328 g/mol. The summed E-state index contributed by atoms with van der Waals surface area (Å²) in [6, 6.07) is 5.37. The van der Waals surface area contributed by atoms with Crippen molar-refractivity contribution in [3.63, 3.8) is 0 Å². The van der Waals surface area contributed by atoms with Gasteiger partial charge in [-0.15, -0.1) is 22.9 Å². The fourth-order valence-electron chi connectivity index (χ4n) is 2.01. The highest BCUT2D eigenvalue weighted by Crippen LogP contribution is 2.23. The van der Waals surface area contributed by atoms with Crippen molar-refractivity contribution in [2.75, 3.05) is 7.05 Å². The maximum absolute atomic E-state index is 12.8. The van der Waals surface area contributed by atoms with Gasteiger partial charge in [0.2, 0.25) is 10.0 Å². The molecule has 0 amide bonds. The number of hydrogen-bond donors (Lipinski definition) is 0. The molecule has 0 radical (unpaired) electrons. The molecule has 0 saturated carbocycles. The SMILES string of the molecule is CCc1ccc(CCl)cc1S(=O)(=O)N(C)Cc1cscn1. The Kier molecular flexibility index (Phi) is 5.37. The second-order valence-electron chi connectivity index (χ2n) is 4.67. The normalized spacial score (nSPS) is 12.0. The first-order valence-corrected chi connectivity index (χ1v) is 9.42. The molecule has 0 aliphatic rings. The minimum atomic E-state index is -3.55. The van der Waals surface area contributed by atoms with E-state index in [0.717, 1.165) is 16.8 Å². The smallest absolute Gasteiger partial charge is 0.243 e. The summed E-state index contributed by atoms with van der Waals surface area (Å²) in [7, 11) is -1.98. The minimum absolute atomic E-state index is 0.264. The fraction of sp³-hybridized carbons (Fsp3) is 0.357. The molecule has 21 heavy (non-hydrogen) atoms. The topological polar surface area (TPSA) is 50.3 Å². The Morgan fingerprint density at radius 1 is 1.38 bits per heavy atom. The van der Waals surface area contributed by atoms with Crippen molar-refractivity contribution in [3.8, 4) is 0 Å². The quantitative estimate of drug-likeness (QED) is 0.756. The molecule has 0 atom stereocenters.